The van der Waals surface area contributed by atoms with Gasteiger partial charge in [0.05, 0.1) is 0 Å². The maximum absolute atomic E-state index is 3.55. The van der Waals surface area contributed by atoms with E-state index < -0.39 is 0 Å². The van der Waals surface area contributed by atoms with Gasteiger partial charge in [-0.25, -0.2) is 0 Å². The van der Waals surface area contributed by atoms with E-state index in [0.29, 0.717) is 6.04 Å². The first kappa shape index (κ1) is 13.1. The number of para-hydroxylation sites is 1. The molecule has 0 amide bonds. The van der Waals surface area contributed by atoms with E-state index in [1.807, 2.05) is 0 Å². The normalized spacial score (nSPS) is 16.5. The molecule has 90 valence electrons. The predicted octanol–water partition coefficient (Wildman–Crippen LogP) is 4.56. The van der Waals surface area contributed by atoms with Crippen LogP contribution in [0.1, 0.15) is 40.5 Å². The van der Waals surface area contributed by atoms with Crippen LogP contribution < -0.4 is 5.32 Å². The van der Waals surface area contributed by atoms with Gasteiger partial charge in [-0.3, -0.25) is 0 Å². The van der Waals surface area contributed by atoms with Crippen LogP contribution in [-0.2, 0) is 0 Å². The quantitative estimate of drug-likeness (QED) is 0.739. The maximum Gasteiger partial charge on any atom is 0.0342 e. The molecule has 0 radical (unpaired) electrons. The van der Waals surface area contributed by atoms with Crippen LogP contribution in [0.5, 0.6) is 0 Å². The summed E-state index contributed by atoms with van der Waals surface area (Å²) in [6, 6.07) is 11.0. The van der Waals surface area contributed by atoms with Crippen molar-refractivity contribution in [3.63, 3.8) is 0 Å². The van der Waals surface area contributed by atoms with E-state index >= 15 is 0 Å². The Hall–Kier alpha value is -0.980. The van der Waals surface area contributed by atoms with E-state index in [0.717, 1.165) is 11.8 Å². The first-order chi connectivity index (χ1) is 7.63. The predicted molar refractivity (Wildman–Crippen MR) is 72.8 cm³/mol. The molecule has 1 nitrogen and oxygen atoms in total. The molecule has 0 bridgehead atoms. The van der Waals surface area contributed by atoms with E-state index in [1.165, 1.54) is 18.5 Å². The van der Waals surface area contributed by atoms with E-state index in [9.17, 15) is 0 Å². The summed E-state index contributed by atoms with van der Waals surface area (Å²) in [7, 11) is 0. The molecule has 3 atom stereocenters. The van der Waals surface area contributed by atoms with Crippen molar-refractivity contribution in [2.24, 2.45) is 11.8 Å². The van der Waals surface area contributed by atoms with Crippen LogP contribution in [0.25, 0.3) is 0 Å². The highest BCUT2D eigenvalue weighted by molar-refractivity contribution is 5.43. The molecule has 0 fully saturated rings. The molecule has 0 aromatic heterocycles. The lowest BCUT2D eigenvalue weighted by Crippen LogP contribution is -2.21. The lowest BCUT2D eigenvalue weighted by Gasteiger charge is -2.23. The molecule has 0 aliphatic rings. The average molecular weight is 219 g/mol. The Labute approximate surface area is 100 Å². The highest BCUT2D eigenvalue weighted by Crippen LogP contribution is 2.21. The van der Waals surface area contributed by atoms with Gasteiger partial charge in [0, 0.05) is 11.7 Å². The molecular formula is C15H25N. The molecule has 1 N–H and O–H groups in total. The maximum atomic E-state index is 3.55. The fourth-order valence-electron chi connectivity index (χ4n) is 2.07. The second-order valence-electron chi connectivity index (χ2n) is 5.01. The largest absolute Gasteiger partial charge is 0.383 e. The van der Waals surface area contributed by atoms with Crippen molar-refractivity contribution in [3.8, 4) is 0 Å². The molecule has 1 aromatic carbocycles. The van der Waals surface area contributed by atoms with Gasteiger partial charge in [0.1, 0.15) is 0 Å². The summed E-state index contributed by atoms with van der Waals surface area (Å²) in [5.41, 5.74) is 1.23. The third-order valence-corrected chi connectivity index (χ3v) is 3.53. The van der Waals surface area contributed by atoms with Gasteiger partial charge in [-0.05, 0) is 37.3 Å². The fraction of sp³-hybridized carbons (Fsp3) is 0.600. The van der Waals surface area contributed by atoms with Crippen LogP contribution in [0.15, 0.2) is 30.3 Å². The van der Waals surface area contributed by atoms with E-state index in [-0.39, 0.29) is 0 Å². The number of benzene rings is 1. The number of nitrogens with one attached hydrogen (secondary N) is 1. The summed E-state index contributed by atoms with van der Waals surface area (Å²) in [6.45, 7) is 9.25. The van der Waals surface area contributed by atoms with Crippen molar-refractivity contribution < 1.29 is 0 Å². The highest BCUT2D eigenvalue weighted by atomic mass is 14.9. The van der Waals surface area contributed by atoms with Crippen molar-refractivity contribution in [1.82, 2.24) is 0 Å². The van der Waals surface area contributed by atoms with Gasteiger partial charge in [0.2, 0.25) is 0 Å². The van der Waals surface area contributed by atoms with Gasteiger partial charge in [-0.1, -0.05) is 45.4 Å². The van der Waals surface area contributed by atoms with Crippen molar-refractivity contribution >= 4 is 5.69 Å². The van der Waals surface area contributed by atoms with E-state index in [2.05, 4.69) is 63.3 Å². The first-order valence-corrected chi connectivity index (χ1v) is 6.45. The molecule has 0 saturated heterocycles. The van der Waals surface area contributed by atoms with Crippen molar-refractivity contribution in [2.75, 3.05) is 5.32 Å². The van der Waals surface area contributed by atoms with Crippen LogP contribution in [0.3, 0.4) is 0 Å². The zero-order valence-electron chi connectivity index (χ0n) is 11.0. The van der Waals surface area contributed by atoms with Gasteiger partial charge >= 0.3 is 0 Å². The number of hydrogen-bond donors (Lipinski definition) is 1. The Bertz CT molecular complexity index is 281. The van der Waals surface area contributed by atoms with E-state index in [4.69, 9.17) is 0 Å². The van der Waals surface area contributed by atoms with Gasteiger partial charge < -0.3 is 5.32 Å². The Balaban J connectivity index is 2.39. The molecule has 0 aliphatic carbocycles. The van der Waals surface area contributed by atoms with Gasteiger partial charge in [-0.15, -0.1) is 0 Å². The van der Waals surface area contributed by atoms with Crippen LogP contribution in [0.2, 0.25) is 0 Å². The fourth-order valence-corrected chi connectivity index (χ4v) is 2.07. The van der Waals surface area contributed by atoms with Crippen molar-refractivity contribution in [2.45, 2.75) is 46.6 Å². The molecule has 0 saturated carbocycles. The molecular weight excluding hydrogens is 194 g/mol. The SMILES string of the molecule is CCC(C)C(C)CC(C)Nc1ccccc1. The van der Waals surface area contributed by atoms with Crippen molar-refractivity contribution in [3.05, 3.63) is 30.3 Å². The van der Waals surface area contributed by atoms with Crippen LogP contribution in [0.4, 0.5) is 5.69 Å². The molecule has 1 aromatic rings. The lowest BCUT2D eigenvalue weighted by atomic mass is 9.88. The minimum Gasteiger partial charge on any atom is -0.383 e. The second-order valence-corrected chi connectivity index (χ2v) is 5.01. The van der Waals surface area contributed by atoms with Crippen LogP contribution in [0, 0.1) is 11.8 Å². The van der Waals surface area contributed by atoms with Crippen molar-refractivity contribution in [1.29, 1.82) is 0 Å². The molecule has 0 spiro atoms. The van der Waals surface area contributed by atoms with E-state index in [1.54, 1.807) is 0 Å². The monoisotopic (exact) mass is 219 g/mol. The second kappa shape index (κ2) is 6.57. The zero-order chi connectivity index (χ0) is 12.0. The first-order valence-electron chi connectivity index (χ1n) is 6.45. The summed E-state index contributed by atoms with van der Waals surface area (Å²) >= 11 is 0. The zero-order valence-corrected chi connectivity index (χ0v) is 11.0. The summed E-state index contributed by atoms with van der Waals surface area (Å²) in [4.78, 5) is 0. The Morgan fingerprint density at radius 3 is 2.19 bits per heavy atom. The summed E-state index contributed by atoms with van der Waals surface area (Å²) in [5, 5.41) is 3.55. The average Bonchev–Trinajstić information content (AvgIpc) is 2.29. The molecule has 1 heteroatoms. The third-order valence-electron chi connectivity index (χ3n) is 3.53. The number of rotatable bonds is 6. The summed E-state index contributed by atoms with van der Waals surface area (Å²) < 4.78 is 0. The third kappa shape index (κ3) is 4.26. The van der Waals surface area contributed by atoms with Gasteiger partial charge in [0.15, 0.2) is 0 Å². The topological polar surface area (TPSA) is 12.0 Å². The molecule has 1 rings (SSSR count). The molecule has 0 aliphatic heterocycles. The highest BCUT2D eigenvalue weighted by Gasteiger charge is 2.13. The summed E-state index contributed by atoms with van der Waals surface area (Å²) in [6.07, 6.45) is 2.52. The van der Waals surface area contributed by atoms with Crippen LogP contribution in [-0.4, -0.2) is 6.04 Å². The smallest absolute Gasteiger partial charge is 0.0342 e. The molecule has 16 heavy (non-hydrogen) atoms. The number of hydrogen-bond acceptors (Lipinski definition) is 1. The van der Waals surface area contributed by atoms with Gasteiger partial charge in [-0.2, -0.15) is 0 Å². The Kier molecular flexibility index (Phi) is 5.37. The minimum atomic E-state index is 0.548. The lowest BCUT2D eigenvalue weighted by molar-refractivity contribution is 0.342. The minimum absolute atomic E-state index is 0.548. The molecule has 3 unspecified atom stereocenters. The number of anilines is 1. The van der Waals surface area contributed by atoms with Crippen LogP contribution >= 0.6 is 0 Å². The summed E-state index contributed by atoms with van der Waals surface area (Å²) in [5.74, 6) is 1.61. The molecule has 0 heterocycles. The standard InChI is InChI=1S/C15H25N/c1-5-12(2)13(3)11-14(4)16-15-9-7-6-8-10-15/h6-10,12-14,16H,5,11H2,1-4H3. The Morgan fingerprint density at radius 1 is 1.00 bits per heavy atom. The Morgan fingerprint density at radius 2 is 1.62 bits per heavy atom. The van der Waals surface area contributed by atoms with Gasteiger partial charge in [0.25, 0.3) is 0 Å².